The average Bonchev–Trinajstić information content (AvgIpc) is 2.45. The molecule has 72 valence electrons. The molecule has 6 nitrogen and oxygen atoms in total. The number of aromatic nitrogens is 3. The summed E-state index contributed by atoms with van der Waals surface area (Å²) < 4.78 is 0. The molecular weight excluding hydrogens is 174 g/mol. The van der Waals surface area contributed by atoms with Gasteiger partial charge in [0, 0.05) is 12.8 Å². The summed E-state index contributed by atoms with van der Waals surface area (Å²) in [6.07, 6.45) is 2.08. The third-order valence-corrected chi connectivity index (χ3v) is 1.60. The molecule has 0 aliphatic rings. The Kier molecular flexibility index (Phi) is 3.24. The Hall–Kier alpha value is -1.59. The number of aromatic amines is 2. The maximum absolute atomic E-state index is 10.6. The van der Waals surface area contributed by atoms with Crippen molar-refractivity contribution in [3.05, 3.63) is 16.3 Å². The molecule has 0 unspecified atom stereocenters. The van der Waals surface area contributed by atoms with Crippen LogP contribution in [0.1, 0.15) is 25.1 Å². The average molecular weight is 185 g/mol. The van der Waals surface area contributed by atoms with Gasteiger partial charge >= 0.3 is 11.7 Å². The predicted molar refractivity (Wildman–Crippen MR) is 44.4 cm³/mol. The number of rotatable bonds is 5. The molecule has 0 saturated heterocycles. The summed E-state index contributed by atoms with van der Waals surface area (Å²) in [5.41, 5.74) is -0.326. The smallest absolute Gasteiger partial charge is 0.340 e. The highest BCUT2D eigenvalue weighted by atomic mass is 16.4. The van der Waals surface area contributed by atoms with Crippen molar-refractivity contribution in [2.75, 3.05) is 0 Å². The zero-order chi connectivity index (χ0) is 9.68. The number of unbranched alkanes of at least 4 members (excludes halogenated alkanes) is 1. The van der Waals surface area contributed by atoms with Crippen LogP contribution >= 0.6 is 0 Å². The third-order valence-electron chi connectivity index (χ3n) is 1.60. The molecule has 1 heterocycles. The number of nitrogens with one attached hydrogen (secondary N) is 2. The standard InChI is InChI=1S/C7H11N3O3/c11-6(12)4-2-1-3-5-8-7(13)10-9-5/h1-4H2,(H,11,12)(H2,8,9,10,13). The Bertz CT molecular complexity index is 328. The Labute approximate surface area is 74.0 Å². The van der Waals surface area contributed by atoms with E-state index in [4.69, 9.17) is 5.11 Å². The fraction of sp³-hybridized carbons (Fsp3) is 0.571. The first-order valence-electron chi connectivity index (χ1n) is 4.04. The van der Waals surface area contributed by atoms with Crippen molar-refractivity contribution in [3.63, 3.8) is 0 Å². The maximum Gasteiger partial charge on any atom is 0.340 e. The monoisotopic (exact) mass is 185 g/mol. The molecule has 0 aliphatic carbocycles. The first-order valence-corrected chi connectivity index (χ1v) is 4.04. The molecular formula is C7H11N3O3. The molecule has 0 atom stereocenters. The van der Waals surface area contributed by atoms with Gasteiger partial charge in [0.25, 0.3) is 0 Å². The van der Waals surface area contributed by atoms with E-state index in [9.17, 15) is 9.59 Å². The molecule has 1 rings (SSSR count). The highest BCUT2D eigenvalue weighted by Crippen LogP contribution is 1.99. The Balaban J connectivity index is 2.20. The normalized spacial score (nSPS) is 10.2. The minimum Gasteiger partial charge on any atom is -0.481 e. The molecule has 13 heavy (non-hydrogen) atoms. The molecule has 0 radical (unpaired) electrons. The molecule has 0 bridgehead atoms. The second-order valence-electron chi connectivity index (χ2n) is 2.73. The summed E-state index contributed by atoms with van der Waals surface area (Å²) in [5, 5.41) is 14.3. The van der Waals surface area contributed by atoms with E-state index in [1.54, 1.807) is 0 Å². The first-order chi connectivity index (χ1) is 6.18. The van der Waals surface area contributed by atoms with Gasteiger partial charge in [-0.1, -0.05) is 0 Å². The van der Waals surface area contributed by atoms with Gasteiger partial charge in [0.2, 0.25) is 0 Å². The van der Waals surface area contributed by atoms with Crippen LogP contribution in [0.25, 0.3) is 0 Å². The van der Waals surface area contributed by atoms with E-state index in [0.717, 1.165) is 0 Å². The largest absolute Gasteiger partial charge is 0.481 e. The van der Waals surface area contributed by atoms with Crippen molar-refractivity contribution in [2.24, 2.45) is 0 Å². The minimum absolute atomic E-state index is 0.161. The van der Waals surface area contributed by atoms with Crippen LogP contribution in [-0.4, -0.2) is 26.3 Å². The molecule has 0 saturated carbocycles. The van der Waals surface area contributed by atoms with Crippen molar-refractivity contribution >= 4 is 5.97 Å². The van der Waals surface area contributed by atoms with Crippen LogP contribution in [0.4, 0.5) is 0 Å². The van der Waals surface area contributed by atoms with Crippen molar-refractivity contribution in [1.82, 2.24) is 15.2 Å². The van der Waals surface area contributed by atoms with Crippen LogP contribution in [0.2, 0.25) is 0 Å². The summed E-state index contributed by atoms with van der Waals surface area (Å²) in [5.74, 6) is -0.217. The van der Waals surface area contributed by atoms with Gasteiger partial charge in [-0.05, 0) is 12.8 Å². The highest BCUT2D eigenvalue weighted by molar-refractivity contribution is 5.66. The summed E-state index contributed by atoms with van der Waals surface area (Å²) in [6, 6.07) is 0. The Morgan fingerprint density at radius 1 is 1.46 bits per heavy atom. The molecule has 3 N–H and O–H groups in total. The number of carboxylic acid groups (broad SMARTS) is 1. The summed E-state index contributed by atoms with van der Waals surface area (Å²) >= 11 is 0. The number of aryl methyl sites for hydroxylation is 1. The van der Waals surface area contributed by atoms with Crippen LogP contribution in [0, 0.1) is 0 Å². The van der Waals surface area contributed by atoms with E-state index in [1.165, 1.54) is 0 Å². The molecule has 0 spiro atoms. The van der Waals surface area contributed by atoms with E-state index < -0.39 is 5.97 Å². The van der Waals surface area contributed by atoms with Gasteiger partial charge in [-0.2, -0.15) is 5.10 Å². The van der Waals surface area contributed by atoms with Crippen molar-refractivity contribution in [2.45, 2.75) is 25.7 Å². The first kappa shape index (κ1) is 9.50. The van der Waals surface area contributed by atoms with E-state index in [2.05, 4.69) is 15.2 Å². The summed E-state index contributed by atoms with van der Waals surface area (Å²) in [4.78, 5) is 23.2. The third kappa shape index (κ3) is 3.55. The second-order valence-corrected chi connectivity index (χ2v) is 2.73. The predicted octanol–water partition coefficient (Wildman–Crippen LogP) is -0.105. The van der Waals surface area contributed by atoms with Crippen LogP contribution in [0.15, 0.2) is 4.79 Å². The SMILES string of the molecule is O=C(O)CCCCc1n[nH]c(=O)[nH]1. The van der Waals surface area contributed by atoms with E-state index in [0.29, 0.717) is 25.1 Å². The molecule has 0 amide bonds. The molecule has 0 aliphatic heterocycles. The Morgan fingerprint density at radius 2 is 2.23 bits per heavy atom. The van der Waals surface area contributed by atoms with E-state index in [-0.39, 0.29) is 12.1 Å². The molecule has 0 aromatic carbocycles. The van der Waals surface area contributed by atoms with E-state index in [1.807, 2.05) is 0 Å². The van der Waals surface area contributed by atoms with Crippen molar-refractivity contribution in [3.8, 4) is 0 Å². The fourth-order valence-electron chi connectivity index (χ4n) is 0.992. The van der Waals surface area contributed by atoms with Gasteiger partial charge in [0.15, 0.2) is 0 Å². The van der Waals surface area contributed by atoms with Gasteiger partial charge in [-0.3, -0.25) is 9.78 Å². The van der Waals surface area contributed by atoms with Crippen LogP contribution in [-0.2, 0) is 11.2 Å². The summed E-state index contributed by atoms with van der Waals surface area (Å²) in [7, 11) is 0. The van der Waals surface area contributed by atoms with Crippen molar-refractivity contribution in [1.29, 1.82) is 0 Å². The number of H-pyrrole nitrogens is 2. The number of hydrogen-bond acceptors (Lipinski definition) is 3. The maximum atomic E-state index is 10.6. The molecule has 1 aromatic heterocycles. The number of nitrogens with zero attached hydrogens (tertiary/aromatic N) is 1. The lowest BCUT2D eigenvalue weighted by molar-refractivity contribution is -0.137. The number of hydrogen-bond donors (Lipinski definition) is 3. The van der Waals surface area contributed by atoms with Gasteiger partial charge in [-0.25, -0.2) is 9.89 Å². The number of aliphatic carboxylic acids is 1. The molecule has 6 heteroatoms. The minimum atomic E-state index is -0.796. The number of carboxylic acids is 1. The van der Waals surface area contributed by atoms with Crippen LogP contribution < -0.4 is 5.69 Å². The lowest BCUT2D eigenvalue weighted by Gasteiger charge is -1.93. The second kappa shape index (κ2) is 4.44. The van der Waals surface area contributed by atoms with Gasteiger partial charge in [-0.15, -0.1) is 0 Å². The zero-order valence-corrected chi connectivity index (χ0v) is 7.04. The van der Waals surface area contributed by atoms with E-state index >= 15 is 0 Å². The topological polar surface area (TPSA) is 98.8 Å². The lowest BCUT2D eigenvalue weighted by atomic mass is 10.2. The number of carbonyl (C=O) groups is 1. The van der Waals surface area contributed by atoms with Crippen LogP contribution in [0.3, 0.4) is 0 Å². The van der Waals surface area contributed by atoms with Gasteiger partial charge in [0.1, 0.15) is 5.82 Å². The zero-order valence-electron chi connectivity index (χ0n) is 7.04. The molecule has 1 aromatic rings. The van der Waals surface area contributed by atoms with Crippen molar-refractivity contribution < 1.29 is 9.90 Å². The highest BCUT2D eigenvalue weighted by Gasteiger charge is 1.99. The van der Waals surface area contributed by atoms with Gasteiger partial charge in [0.05, 0.1) is 0 Å². The lowest BCUT2D eigenvalue weighted by Crippen LogP contribution is -2.01. The Morgan fingerprint density at radius 3 is 2.77 bits per heavy atom. The fourth-order valence-corrected chi connectivity index (χ4v) is 0.992. The van der Waals surface area contributed by atoms with Gasteiger partial charge < -0.3 is 5.11 Å². The summed E-state index contributed by atoms with van der Waals surface area (Å²) in [6.45, 7) is 0. The van der Waals surface area contributed by atoms with Crippen LogP contribution in [0.5, 0.6) is 0 Å². The quantitative estimate of drug-likeness (QED) is 0.557. The molecule has 0 fully saturated rings.